The van der Waals surface area contributed by atoms with Crippen LogP contribution in [-0.2, 0) is 14.6 Å². The van der Waals surface area contributed by atoms with E-state index in [-0.39, 0.29) is 0 Å². The summed E-state index contributed by atoms with van der Waals surface area (Å²) in [7, 11) is -3.26. The maximum atomic E-state index is 11.1. The predicted octanol–water partition coefficient (Wildman–Crippen LogP) is 0.670. The molecule has 0 spiro atoms. The molecule has 0 heterocycles. The monoisotopic (exact) mass is 213 g/mol. The maximum absolute atomic E-state index is 11.1. The quantitative estimate of drug-likeness (QED) is 0.802. The first-order valence-electron chi connectivity index (χ1n) is 4.00. The zero-order chi connectivity index (χ0) is 10.6. The van der Waals surface area contributed by atoms with E-state index in [9.17, 15) is 13.2 Å². The Labute approximate surface area is 82.9 Å². The van der Waals surface area contributed by atoms with Gasteiger partial charge >= 0.3 is 0 Å². The lowest BCUT2D eigenvalue weighted by Gasteiger charge is -2.02. The number of sulfone groups is 1. The number of hydrogen-bond donors (Lipinski definition) is 1. The van der Waals surface area contributed by atoms with Gasteiger partial charge in [0.15, 0.2) is 9.84 Å². The van der Waals surface area contributed by atoms with Crippen molar-refractivity contribution in [3.8, 4) is 0 Å². The predicted molar refractivity (Wildman–Crippen MR) is 54.8 cm³/mol. The highest BCUT2D eigenvalue weighted by Gasteiger charge is 2.10. The third-order valence-electron chi connectivity index (χ3n) is 1.45. The van der Waals surface area contributed by atoms with Crippen molar-refractivity contribution in [2.75, 3.05) is 17.3 Å². The van der Waals surface area contributed by atoms with Gasteiger partial charge in [-0.2, -0.15) is 0 Å². The second-order valence-corrected chi connectivity index (χ2v) is 5.12. The number of benzene rings is 1. The van der Waals surface area contributed by atoms with Crippen LogP contribution < -0.4 is 5.32 Å². The Bertz CT molecular complexity index is 411. The average Bonchev–Trinajstić information content (AvgIpc) is 2.02. The van der Waals surface area contributed by atoms with Crippen LogP contribution in [0.2, 0.25) is 0 Å². The molecule has 0 atom stereocenters. The molecule has 0 aromatic heterocycles. The van der Waals surface area contributed by atoms with Crippen molar-refractivity contribution in [1.82, 2.24) is 0 Å². The first-order chi connectivity index (χ1) is 6.47. The van der Waals surface area contributed by atoms with Crippen LogP contribution in [0.5, 0.6) is 0 Å². The molecule has 0 aliphatic carbocycles. The molecule has 0 saturated heterocycles. The lowest BCUT2D eigenvalue weighted by Crippen LogP contribution is -2.21. The third kappa shape index (κ3) is 4.04. The summed E-state index contributed by atoms with van der Waals surface area (Å²) in [6, 6.07) is 8.72. The van der Waals surface area contributed by atoms with Crippen molar-refractivity contribution >= 4 is 21.4 Å². The van der Waals surface area contributed by atoms with Gasteiger partial charge in [-0.3, -0.25) is 4.79 Å². The fraction of sp³-hybridized carbons (Fsp3) is 0.222. The third-order valence-corrected chi connectivity index (χ3v) is 2.24. The molecule has 1 N–H and O–H groups in total. The number of amides is 1. The number of nitrogens with one attached hydrogen (secondary N) is 1. The topological polar surface area (TPSA) is 63.2 Å². The highest BCUT2D eigenvalue weighted by atomic mass is 32.2. The lowest BCUT2D eigenvalue weighted by atomic mass is 10.3. The van der Waals surface area contributed by atoms with Crippen LogP contribution in [0, 0.1) is 0 Å². The second kappa shape index (κ2) is 4.23. The van der Waals surface area contributed by atoms with E-state index in [1.807, 2.05) is 6.07 Å². The summed E-state index contributed by atoms with van der Waals surface area (Å²) in [4.78, 5) is 11.1. The zero-order valence-corrected chi connectivity index (χ0v) is 8.54. The number of anilines is 1. The van der Waals surface area contributed by atoms with E-state index >= 15 is 0 Å². The van der Waals surface area contributed by atoms with E-state index in [0.717, 1.165) is 6.26 Å². The first kappa shape index (κ1) is 10.7. The van der Waals surface area contributed by atoms with Crippen LogP contribution in [-0.4, -0.2) is 26.3 Å². The van der Waals surface area contributed by atoms with E-state index in [4.69, 9.17) is 0 Å². The number of carbonyl (C=O) groups is 1. The van der Waals surface area contributed by atoms with Crippen LogP contribution in [0.1, 0.15) is 0 Å². The molecule has 0 aliphatic rings. The van der Waals surface area contributed by atoms with Crippen molar-refractivity contribution in [1.29, 1.82) is 0 Å². The molecule has 0 saturated carbocycles. The number of hydrogen-bond acceptors (Lipinski definition) is 3. The summed E-state index contributed by atoms with van der Waals surface area (Å²) in [5, 5.41) is 2.48. The Morgan fingerprint density at radius 2 is 1.86 bits per heavy atom. The highest BCUT2D eigenvalue weighted by Crippen LogP contribution is 2.04. The van der Waals surface area contributed by atoms with Crippen LogP contribution >= 0.6 is 0 Å². The van der Waals surface area contributed by atoms with Crippen molar-refractivity contribution in [2.45, 2.75) is 0 Å². The fourth-order valence-electron chi connectivity index (χ4n) is 0.957. The Kier molecular flexibility index (Phi) is 3.24. The van der Waals surface area contributed by atoms with E-state index in [2.05, 4.69) is 5.32 Å². The van der Waals surface area contributed by atoms with Gasteiger partial charge in [0.05, 0.1) is 0 Å². The Morgan fingerprint density at radius 1 is 1.29 bits per heavy atom. The van der Waals surface area contributed by atoms with Crippen molar-refractivity contribution in [2.24, 2.45) is 0 Å². The minimum absolute atomic E-state index is 0.484. The highest BCUT2D eigenvalue weighted by molar-refractivity contribution is 7.91. The molecule has 5 heteroatoms. The summed E-state index contributed by atoms with van der Waals surface area (Å²) in [6.45, 7) is 0. The molecule has 1 aromatic rings. The largest absolute Gasteiger partial charge is 0.325 e. The zero-order valence-electron chi connectivity index (χ0n) is 7.73. The van der Waals surface area contributed by atoms with Gasteiger partial charge in [0, 0.05) is 11.9 Å². The molecule has 0 radical (unpaired) electrons. The van der Waals surface area contributed by atoms with E-state index in [1.165, 1.54) is 0 Å². The van der Waals surface area contributed by atoms with Gasteiger partial charge in [0.25, 0.3) is 0 Å². The summed E-state index contributed by atoms with van der Waals surface area (Å²) in [6.07, 6.45) is 1.03. The average molecular weight is 213 g/mol. The van der Waals surface area contributed by atoms with E-state index in [1.54, 1.807) is 24.3 Å². The molecule has 0 bridgehead atoms. The molecule has 1 aromatic carbocycles. The Hall–Kier alpha value is -1.36. The van der Waals surface area contributed by atoms with Crippen LogP contribution in [0.4, 0.5) is 5.69 Å². The molecule has 1 rings (SSSR count). The SMILES string of the molecule is CS(=O)(=O)CC(=O)Nc1ccccc1. The molecule has 14 heavy (non-hydrogen) atoms. The van der Waals surface area contributed by atoms with Gasteiger partial charge in [-0.25, -0.2) is 8.42 Å². The van der Waals surface area contributed by atoms with Crippen molar-refractivity contribution < 1.29 is 13.2 Å². The molecular formula is C9H11NO3S. The van der Waals surface area contributed by atoms with Gasteiger partial charge in [0.1, 0.15) is 5.75 Å². The van der Waals surface area contributed by atoms with Crippen LogP contribution in [0.3, 0.4) is 0 Å². The summed E-state index contributed by atoms with van der Waals surface area (Å²) >= 11 is 0. The van der Waals surface area contributed by atoms with Crippen molar-refractivity contribution in [3.63, 3.8) is 0 Å². The minimum Gasteiger partial charge on any atom is -0.325 e. The molecule has 4 nitrogen and oxygen atoms in total. The lowest BCUT2D eigenvalue weighted by molar-refractivity contribution is -0.113. The molecular weight excluding hydrogens is 202 g/mol. The first-order valence-corrected chi connectivity index (χ1v) is 6.06. The molecule has 0 unspecified atom stereocenters. The van der Waals surface area contributed by atoms with E-state index < -0.39 is 21.5 Å². The van der Waals surface area contributed by atoms with E-state index in [0.29, 0.717) is 5.69 Å². The van der Waals surface area contributed by atoms with Crippen molar-refractivity contribution in [3.05, 3.63) is 30.3 Å². The minimum atomic E-state index is -3.26. The van der Waals surface area contributed by atoms with Gasteiger partial charge in [-0.05, 0) is 12.1 Å². The molecule has 1 amide bonds. The van der Waals surface area contributed by atoms with Crippen LogP contribution in [0.25, 0.3) is 0 Å². The number of carbonyl (C=O) groups excluding carboxylic acids is 1. The number of para-hydroxylation sites is 1. The smallest absolute Gasteiger partial charge is 0.239 e. The van der Waals surface area contributed by atoms with Gasteiger partial charge in [-0.1, -0.05) is 18.2 Å². The number of rotatable bonds is 3. The van der Waals surface area contributed by atoms with Gasteiger partial charge in [-0.15, -0.1) is 0 Å². The summed E-state index contributed by atoms with van der Waals surface area (Å²) < 4.78 is 21.5. The van der Waals surface area contributed by atoms with Gasteiger partial charge < -0.3 is 5.32 Å². The van der Waals surface area contributed by atoms with Gasteiger partial charge in [0.2, 0.25) is 5.91 Å². The molecule has 0 aliphatic heterocycles. The fourth-order valence-corrected chi connectivity index (χ4v) is 1.51. The Balaban J connectivity index is 2.59. The standard InChI is InChI=1S/C9H11NO3S/c1-14(12,13)7-9(11)10-8-5-3-2-4-6-8/h2-6H,7H2,1H3,(H,10,11). The molecule has 76 valence electrons. The summed E-state index contributed by atoms with van der Waals surface area (Å²) in [5.41, 5.74) is 0.598. The Morgan fingerprint density at radius 3 is 2.36 bits per heavy atom. The van der Waals surface area contributed by atoms with Crippen LogP contribution in [0.15, 0.2) is 30.3 Å². The second-order valence-electron chi connectivity index (χ2n) is 2.98. The normalized spacial score (nSPS) is 10.9. The summed E-state index contributed by atoms with van der Waals surface area (Å²) in [5.74, 6) is -0.999. The molecule has 0 fully saturated rings. The maximum Gasteiger partial charge on any atom is 0.239 e.